The molecule has 0 saturated heterocycles. The van der Waals surface area contributed by atoms with Crippen LogP contribution in [0.4, 0.5) is 0 Å². The highest BCUT2D eigenvalue weighted by molar-refractivity contribution is 5.11. The zero-order valence-electron chi connectivity index (χ0n) is 11.9. The number of aromatic nitrogens is 2. The largest absolute Gasteiger partial charge is 0.328 e. The maximum atomic E-state index is 5.90. The molecule has 1 aromatic heterocycles. The lowest BCUT2D eigenvalue weighted by Gasteiger charge is -2.56. The lowest BCUT2D eigenvalue weighted by Crippen LogP contribution is -2.52. The van der Waals surface area contributed by atoms with Crippen LogP contribution >= 0.6 is 0 Å². The minimum Gasteiger partial charge on any atom is -0.328 e. The van der Waals surface area contributed by atoms with E-state index in [0.717, 1.165) is 24.2 Å². The van der Waals surface area contributed by atoms with Crippen LogP contribution in [0.5, 0.6) is 0 Å². The zero-order chi connectivity index (χ0) is 13.0. The first kappa shape index (κ1) is 12.0. The number of hydrogen-bond acceptors (Lipinski definition) is 2. The summed E-state index contributed by atoms with van der Waals surface area (Å²) in [6.07, 6.45) is 13.9. The maximum Gasteiger partial charge on any atom is 0.0635 e. The van der Waals surface area contributed by atoms with E-state index in [1.165, 1.54) is 44.1 Å². The molecule has 1 heterocycles. The average molecular weight is 259 g/mol. The van der Waals surface area contributed by atoms with Crippen molar-refractivity contribution in [2.24, 2.45) is 23.5 Å². The predicted octanol–water partition coefficient (Wildman–Crippen LogP) is 2.70. The molecule has 4 fully saturated rings. The standard InChI is InChI=1S/C16H25N3/c1-11(17)2-15-9-18-19(10-15)16-6-12-3-13(7-16)5-14(4-12)8-16/h9-14H,2-8,17H2,1H3. The van der Waals surface area contributed by atoms with Gasteiger partial charge in [0.05, 0.1) is 11.7 Å². The summed E-state index contributed by atoms with van der Waals surface area (Å²) in [5.41, 5.74) is 7.58. The molecule has 1 unspecified atom stereocenters. The molecular formula is C16H25N3. The molecule has 0 radical (unpaired) electrons. The minimum atomic E-state index is 0.231. The molecule has 4 aliphatic carbocycles. The molecule has 19 heavy (non-hydrogen) atoms. The first-order valence-electron chi connectivity index (χ1n) is 7.92. The van der Waals surface area contributed by atoms with E-state index in [9.17, 15) is 0 Å². The molecule has 4 saturated carbocycles. The van der Waals surface area contributed by atoms with E-state index in [2.05, 4.69) is 17.8 Å². The highest BCUT2D eigenvalue weighted by Crippen LogP contribution is 2.58. The van der Waals surface area contributed by atoms with E-state index in [4.69, 9.17) is 10.8 Å². The molecule has 4 bridgehead atoms. The summed E-state index contributed by atoms with van der Waals surface area (Å²) in [5.74, 6) is 2.94. The Hall–Kier alpha value is -0.830. The summed E-state index contributed by atoms with van der Waals surface area (Å²) in [6, 6.07) is 0.231. The van der Waals surface area contributed by atoms with Gasteiger partial charge in [-0.15, -0.1) is 0 Å². The molecule has 0 aromatic carbocycles. The van der Waals surface area contributed by atoms with Crippen LogP contribution in [0.1, 0.15) is 51.0 Å². The van der Waals surface area contributed by atoms with Gasteiger partial charge < -0.3 is 5.73 Å². The van der Waals surface area contributed by atoms with Crippen LogP contribution < -0.4 is 5.73 Å². The molecule has 2 N–H and O–H groups in total. The fourth-order valence-electron chi connectivity index (χ4n) is 5.44. The summed E-state index contributed by atoms with van der Waals surface area (Å²) in [7, 11) is 0. The fraction of sp³-hybridized carbons (Fsp3) is 0.812. The van der Waals surface area contributed by atoms with Crippen LogP contribution in [-0.4, -0.2) is 15.8 Å². The second-order valence-corrected chi connectivity index (χ2v) is 7.62. The molecule has 104 valence electrons. The Morgan fingerprint density at radius 3 is 2.37 bits per heavy atom. The van der Waals surface area contributed by atoms with Crippen molar-refractivity contribution in [1.82, 2.24) is 9.78 Å². The van der Waals surface area contributed by atoms with Crippen molar-refractivity contribution >= 4 is 0 Å². The molecule has 3 nitrogen and oxygen atoms in total. The van der Waals surface area contributed by atoms with Crippen molar-refractivity contribution in [3.63, 3.8) is 0 Å². The summed E-state index contributed by atoms with van der Waals surface area (Å²) >= 11 is 0. The first-order chi connectivity index (χ1) is 9.13. The maximum absolute atomic E-state index is 5.90. The predicted molar refractivity (Wildman–Crippen MR) is 75.7 cm³/mol. The quantitative estimate of drug-likeness (QED) is 0.907. The smallest absolute Gasteiger partial charge is 0.0635 e. The second-order valence-electron chi connectivity index (χ2n) is 7.62. The third kappa shape index (κ3) is 1.94. The third-order valence-electron chi connectivity index (χ3n) is 5.69. The van der Waals surface area contributed by atoms with Crippen LogP contribution in [0.25, 0.3) is 0 Å². The van der Waals surface area contributed by atoms with E-state index in [-0.39, 0.29) is 6.04 Å². The van der Waals surface area contributed by atoms with Gasteiger partial charge in [-0.25, -0.2) is 0 Å². The van der Waals surface area contributed by atoms with Crippen molar-refractivity contribution in [1.29, 1.82) is 0 Å². The Morgan fingerprint density at radius 2 is 1.84 bits per heavy atom. The van der Waals surface area contributed by atoms with Gasteiger partial charge in [0.1, 0.15) is 0 Å². The van der Waals surface area contributed by atoms with E-state index < -0.39 is 0 Å². The van der Waals surface area contributed by atoms with Crippen molar-refractivity contribution in [2.45, 2.75) is 63.5 Å². The molecule has 3 heteroatoms. The highest BCUT2D eigenvalue weighted by atomic mass is 15.3. The minimum absolute atomic E-state index is 0.231. The monoisotopic (exact) mass is 259 g/mol. The van der Waals surface area contributed by atoms with Gasteiger partial charge in [0.25, 0.3) is 0 Å². The van der Waals surface area contributed by atoms with Crippen molar-refractivity contribution in [2.75, 3.05) is 0 Å². The lowest BCUT2D eigenvalue weighted by atomic mass is 9.53. The molecule has 4 aliphatic rings. The van der Waals surface area contributed by atoms with E-state index in [1.54, 1.807) is 0 Å². The highest BCUT2D eigenvalue weighted by Gasteiger charge is 2.52. The van der Waals surface area contributed by atoms with Crippen LogP contribution in [0.3, 0.4) is 0 Å². The molecular weight excluding hydrogens is 234 g/mol. The second kappa shape index (κ2) is 4.08. The van der Waals surface area contributed by atoms with Crippen LogP contribution in [0.15, 0.2) is 12.4 Å². The lowest BCUT2D eigenvalue weighted by molar-refractivity contribution is -0.0494. The Kier molecular flexibility index (Phi) is 2.57. The third-order valence-corrected chi connectivity index (χ3v) is 5.69. The van der Waals surface area contributed by atoms with Crippen molar-refractivity contribution < 1.29 is 0 Å². The Labute approximate surface area is 115 Å². The van der Waals surface area contributed by atoms with E-state index >= 15 is 0 Å². The van der Waals surface area contributed by atoms with Crippen LogP contribution in [-0.2, 0) is 12.0 Å². The molecule has 0 aliphatic heterocycles. The topological polar surface area (TPSA) is 43.8 Å². The van der Waals surface area contributed by atoms with Gasteiger partial charge in [0.2, 0.25) is 0 Å². The van der Waals surface area contributed by atoms with Gasteiger partial charge in [-0.2, -0.15) is 5.10 Å². The van der Waals surface area contributed by atoms with Crippen LogP contribution in [0.2, 0.25) is 0 Å². The normalized spacial score (nSPS) is 41.7. The van der Waals surface area contributed by atoms with Gasteiger partial charge in [-0.3, -0.25) is 4.68 Å². The SMILES string of the molecule is CC(N)Cc1cnn(C23CC4CC(CC(C4)C2)C3)c1. The first-order valence-corrected chi connectivity index (χ1v) is 7.92. The average Bonchev–Trinajstić information content (AvgIpc) is 2.75. The summed E-state index contributed by atoms with van der Waals surface area (Å²) < 4.78 is 2.33. The number of hydrogen-bond donors (Lipinski definition) is 1. The molecule has 5 rings (SSSR count). The van der Waals surface area contributed by atoms with Gasteiger partial charge in [0, 0.05) is 12.2 Å². The van der Waals surface area contributed by atoms with Gasteiger partial charge >= 0.3 is 0 Å². The number of nitrogens with zero attached hydrogens (tertiary/aromatic N) is 2. The summed E-state index contributed by atoms with van der Waals surface area (Å²) in [6.45, 7) is 2.07. The fourth-order valence-corrected chi connectivity index (χ4v) is 5.44. The Bertz CT molecular complexity index is 439. The van der Waals surface area contributed by atoms with Gasteiger partial charge in [0.15, 0.2) is 0 Å². The van der Waals surface area contributed by atoms with Crippen molar-refractivity contribution in [3.05, 3.63) is 18.0 Å². The van der Waals surface area contributed by atoms with Gasteiger partial charge in [-0.05, 0) is 75.2 Å². The Balaban J connectivity index is 1.62. The Morgan fingerprint density at radius 1 is 1.26 bits per heavy atom. The molecule has 1 aromatic rings. The molecule has 0 amide bonds. The van der Waals surface area contributed by atoms with E-state index in [1.807, 2.05) is 6.20 Å². The van der Waals surface area contributed by atoms with E-state index in [0.29, 0.717) is 5.54 Å². The van der Waals surface area contributed by atoms with Crippen LogP contribution in [0, 0.1) is 17.8 Å². The van der Waals surface area contributed by atoms with Gasteiger partial charge in [-0.1, -0.05) is 0 Å². The molecule has 1 atom stereocenters. The van der Waals surface area contributed by atoms with Crippen molar-refractivity contribution in [3.8, 4) is 0 Å². The number of rotatable bonds is 3. The summed E-state index contributed by atoms with van der Waals surface area (Å²) in [5, 5.41) is 4.72. The summed E-state index contributed by atoms with van der Waals surface area (Å²) in [4.78, 5) is 0. The number of nitrogens with two attached hydrogens (primary N) is 1. The zero-order valence-corrected chi connectivity index (χ0v) is 11.9. The molecule has 0 spiro atoms.